The molecular formula is C25H34N4O3. The molecule has 0 spiro atoms. The Labute approximate surface area is 191 Å². The molecule has 1 unspecified atom stereocenters. The first kappa shape index (κ1) is 24.0. The zero-order valence-electron chi connectivity index (χ0n) is 19.1. The van der Waals surface area contributed by atoms with Gasteiger partial charge in [-0.2, -0.15) is 10.3 Å². The van der Waals surface area contributed by atoms with Crippen LogP contribution in [-0.2, 0) is 12.8 Å². The normalized spacial score (nSPS) is 17.8. The second-order valence-corrected chi connectivity index (χ2v) is 8.44. The molecule has 1 heterocycles. The summed E-state index contributed by atoms with van der Waals surface area (Å²) in [5.41, 5.74) is 4.34. The van der Waals surface area contributed by atoms with Crippen LogP contribution in [0.4, 0.5) is 5.69 Å². The number of fused-ring (bicyclic) bond motifs is 1. The molecule has 2 N–H and O–H groups in total. The van der Waals surface area contributed by atoms with Crippen LogP contribution < -0.4 is 9.80 Å². The summed E-state index contributed by atoms with van der Waals surface area (Å²) in [6, 6.07) is 16.2. The van der Waals surface area contributed by atoms with Crippen molar-refractivity contribution in [2.24, 2.45) is 0 Å². The summed E-state index contributed by atoms with van der Waals surface area (Å²) in [7, 11) is 3.12. The molecule has 1 aliphatic heterocycles. The minimum Gasteiger partial charge on any atom is -0.497 e. The van der Waals surface area contributed by atoms with Crippen LogP contribution in [0.15, 0.2) is 42.5 Å². The minimum absolute atomic E-state index is 0.333. The lowest BCUT2D eigenvalue weighted by Gasteiger charge is -2.32. The van der Waals surface area contributed by atoms with Crippen LogP contribution in [0.2, 0.25) is 0 Å². The first-order valence-corrected chi connectivity index (χ1v) is 11.3. The van der Waals surface area contributed by atoms with Gasteiger partial charge in [-0.15, -0.1) is 0 Å². The molecule has 1 saturated heterocycles. The van der Waals surface area contributed by atoms with Crippen LogP contribution in [0.3, 0.4) is 0 Å². The van der Waals surface area contributed by atoms with Crippen LogP contribution in [0.5, 0.6) is 5.75 Å². The second kappa shape index (κ2) is 11.8. The zero-order valence-corrected chi connectivity index (χ0v) is 19.1. The summed E-state index contributed by atoms with van der Waals surface area (Å²) in [6.07, 6.45) is 6.34. The van der Waals surface area contributed by atoms with Gasteiger partial charge in [0.05, 0.1) is 31.0 Å². The number of nitrogens with zero attached hydrogens (tertiary/aromatic N) is 4. The maximum Gasteiger partial charge on any atom is 0.119 e. The summed E-state index contributed by atoms with van der Waals surface area (Å²) >= 11 is 0. The Morgan fingerprint density at radius 3 is 2.41 bits per heavy atom. The van der Waals surface area contributed by atoms with E-state index in [9.17, 15) is 5.21 Å². The van der Waals surface area contributed by atoms with Gasteiger partial charge in [-0.25, -0.2) is 0 Å². The van der Waals surface area contributed by atoms with Gasteiger partial charge in [-0.3, -0.25) is 10.3 Å². The van der Waals surface area contributed by atoms with Gasteiger partial charge in [-0.05, 0) is 92.7 Å². The number of benzene rings is 2. The van der Waals surface area contributed by atoms with Crippen molar-refractivity contribution in [3.05, 3.63) is 59.2 Å². The van der Waals surface area contributed by atoms with Crippen molar-refractivity contribution in [2.75, 3.05) is 45.4 Å². The molecule has 2 aliphatic rings. The lowest BCUT2D eigenvalue weighted by atomic mass is 9.86. The molecule has 0 aromatic heterocycles. The van der Waals surface area contributed by atoms with Crippen LogP contribution in [0.1, 0.15) is 36.0 Å². The number of anilines is 1. The molecule has 0 saturated carbocycles. The second-order valence-electron chi connectivity index (χ2n) is 8.44. The first-order valence-electron chi connectivity index (χ1n) is 11.3. The fourth-order valence-corrected chi connectivity index (χ4v) is 4.35. The Morgan fingerprint density at radius 1 is 1.06 bits per heavy atom. The van der Waals surface area contributed by atoms with E-state index in [1.165, 1.54) is 56.9 Å². The highest BCUT2D eigenvalue weighted by Crippen LogP contribution is 2.27. The largest absolute Gasteiger partial charge is 0.497 e. The van der Waals surface area contributed by atoms with Crippen molar-refractivity contribution < 1.29 is 15.2 Å². The van der Waals surface area contributed by atoms with Gasteiger partial charge in [0.2, 0.25) is 0 Å². The van der Waals surface area contributed by atoms with E-state index in [4.69, 9.17) is 15.2 Å². The van der Waals surface area contributed by atoms with Gasteiger partial charge in [-0.1, -0.05) is 6.07 Å². The number of aryl methyl sites for hydroxylation is 1. The predicted octanol–water partition coefficient (Wildman–Crippen LogP) is 3.72. The SMILES string of the molecule is COc1ccc(N(O)CCN(C)O)cc1.N#Cc1ccc2c(c1)CC(N1CCCC1)CC2. The van der Waals surface area contributed by atoms with E-state index in [2.05, 4.69) is 23.1 Å². The molecule has 7 nitrogen and oxygen atoms in total. The molecule has 1 fully saturated rings. The van der Waals surface area contributed by atoms with Gasteiger partial charge in [0.1, 0.15) is 5.75 Å². The lowest BCUT2D eigenvalue weighted by Crippen LogP contribution is -2.37. The summed E-state index contributed by atoms with van der Waals surface area (Å²) < 4.78 is 5.00. The van der Waals surface area contributed by atoms with E-state index < -0.39 is 0 Å². The molecule has 32 heavy (non-hydrogen) atoms. The average Bonchev–Trinajstić information content (AvgIpc) is 3.37. The lowest BCUT2D eigenvalue weighted by molar-refractivity contribution is -0.0647. The highest BCUT2D eigenvalue weighted by atomic mass is 16.5. The topological polar surface area (TPSA) is 83.2 Å². The third-order valence-corrected chi connectivity index (χ3v) is 6.20. The number of hydroxylamine groups is 3. The summed E-state index contributed by atoms with van der Waals surface area (Å²) in [4.78, 5) is 2.64. The fourth-order valence-electron chi connectivity index (χ4n) is 4.35. The maximum atomic E-state index is 9.59. The van der Waals surface area contributed by atoms with E-state index in [1.807, 2.05) is 6.07 Å². The van der Waals surface area contributed by atoms with Crippen molar-refractivity contribution >= 4 is 5.69 Å². The molecule has 1 atom stereocenters. The van der Waals surface area contributed by atoms with Crippen LogP contribution >= 0.6 is 0 Å². The monoisotopic (exact) mass is 438 g/mol. The van der Waals surface area contributed by atoms with Crippen molar-refractivity contribution in [3.63, 3.8) is 0 Å². The Bertz CT molecular complexity index is 889. The Kier molecular flexibility index (Phi) is 8.89. The molecule has 0 bridgehead atoms. The van der Waals surface area contributed by atoms with Crippen molar-refractivity contribution in [1.82, 2.24) is 9.96 Å². The molecule has 2 aromatic rings. The van der Waals surface area contributed by atoms with E-state index in [-0.39, 0.29) is 0 Å². The van der Waals surface area contributed by atoms with Crippen molar-refractivity contribution in [3.8, 4) is 11.8 Å². The summed E-state index contributed by atoms with van der Waals surface area (Å²) in [6.45, 7) is 3.25. The predicted molar refractivity (Wildman–Crippen MR) is 124 cm³/mol. The number of likely N-dealkylation sites (tertiary alicyclic amines) is 1. The number of ether oxygens (including phenoxy) is 1. The van der Waals surface area contributed by atoms with Crippen molar-refractivity contribution in [1.29, 1.82) is 5.26 Å². The zero-order chi connectivity index (χ0) is 22.9. The Hall–Kier alpha value is -2.63. The molecule has 7 heteroatoms. The van der Waals surface area contributed by atoms with Gasteiger partial charge in [0.25, 0.3) is 0 Å². The van der Waals surface area contributed by atoms with E-state index in [0.29, 0.717) is 18.8 Å². The molecule has 2 aromatic carbocycles. The average molecular weight is 439 g/mol. The Balaban J connectivity index is 0.000000183. The van der Waals surface area contributed by atoms with E-state index in [1.54, 1.807) is 31.4 Å². The van der Waals surface area contributed by atoms with Crippen molar-refractivity contribution in [2.45, 2.75) is 38.1 Å². The van der Waals surface area contributed by atoms with Crippen LogP contribution in [-0.4, -0.2) is 66.8 Å². The maximum absolute atomic E-state index is 9.59. The Morgan fingerprint density at radius 2 is 1.78 bits per heavy atom. The van der Waals surface area contributed by atoms with Gasteiger partial charge < -0.3 is 14.8 Å². The molecule has 0 radical (unpaired) electrons. The number of hydrogen-bond donors (Lipinski definition) is 2. The number of nitriles is 1. The summed E-state index contributed by atoms with van der Waals surface area (Å²) in [5.74, 6) is 0.742. The highest BCUT2D eigenvalue weighted by Gasteiger charge is 2.26. The number of hydrogen-bond acceptors (Lipinski definition) is 7. The van der Waals surface area contributed by atoms with Gasteiger partial charge in [0, 0.05) is 19.6 Å². The first-order chi connectivity index (χ1) is 15.5. The minimum atomic E-state index is 0.333. The van der Waals surface area contributed by atoms with Gasteiger partial charge in [0.15, 0.2) is 0 Å². The molecule has 1 aliphatic carbocycles. The standard InChI is InChI=1S/C15H18N2.C10H16N2O3/c16-11-12-3-4-13-5-6-15(10-14(13)9-12)17-7-1-2-8-17;1-11(13)7-8-12(14)9-3-5-10(15-2)6-4-9/h3-4,9,15H,1-2,5-8,10H2;3-6,13-14H,7-8H2,1-2H3. The molecule has 172 valence electrons. The quantitative estimate of drug-likeness (QED) is 0.665. The van der Waals surface area contributed by atoms with E-state index in [0.717, 1.165) is 33.9 Å². The van der Waals surface area contributed by atoms with E-state index >= 15 is 0 Å². The fraction of sp³-hybridized carbons (Fsp3) is 0.480. The van der Waals surface area contributed by atoms with Crippen LogP contribution in [0, 0.1) is 11.3 Å². The molecule has 4 rings (SSSR count). The van der Waals surface area contributed by atoms with Gasteiger partial charge >= 0.3 is 0 Å². The number of rotatable bonds is 6. The molecular weight excluding hydrogens is 404 g/mol. The third-order valence-electron chi connectivity index (χ3n) is 6.20. The smallest absolute Gasteiger partial charge is 0.119 e. The van der Waals surface area contributed by atoms with Crippen LogP contribution in [0.25, 0.3) is 0 Å². The highest BCUT2D eigenvalue weighted by molar-refractivity contribution is 5.46. The third kappa shape index (κ3) is 6.68. The molecule has 0 amide bonds. The summed E-state index contributed by atoms with van der Waals surface area (Å²) in [5, 5.41) is 29.5. The number of methoxy groups -OCH3 is 1. The number of likely N-dealkylation sites (N-methyl/N-ethyl adjacent to an activating group) is 1.